The number of benzene rings is 2. The topological polar surface area (TPSA) is 55.4 Å². The maximum absolute atomic E-state index is 11.9. The molecule has 2 aromatic carbocycles. The smallest absolute Gasteiger partial charge is 0.331 e. The zero-order valence-electron chi connectivity index (χ0n) is 12.9. The lowest BCUT2D eigenvalue weighted by Crippen LogP contribution is -2.20. The van der Waals surface area contributed by atoms with E-state index in [1.54, 1.807) is 25.1 Å². The molecule has 0 unspecified atom stereocenters. The van der Waals surface area contributed by atoms with Crippen LogP contribution in [0.15, 0.2) is 48.5 Å². The number of ether oxygens (including phenoxy) is 1. The molecule has 2 rings (SSSR count). The number of hydrogen-bond donors (Lipinski definition) is 1. The van der Waals surface area contributed by atoms with Crippen LogP contribution in [0.3, 0.4) is 0 Å². The number of carbonyl (C=O) groups excluding carboxylic acids is 2. The predicted octanol–water partition coefficient (Wildman–Crippen LogP) is 4.50. The number of amides is 1. The number of esters is 1. The van der Waals surface area contributed by atoms with Crippen molar-refractivity contribution < 1.29 is 14.3 Å². The fraction of sp³-hybridized carbons (Fsp3) is 0.111. The van der Waals surface area contributed by atoms with Crippen LogP contribution in [0.5, 0.6) is 0 Å². The first kappa shape index (κ1) is 18.0. The standard InChI is InChI=1S/C18H15Cl2NO3/c1-12-7-9-14(19)18(17(12)20)21-15(22)11-24-16(23)10-8-13-5-3-2-4-6-13/h2-10H,11H2,1H3,(H,21,22)/b10-8+. The third-order valence-corrected chi connectivity index (χ3v) is 3.91. The molecule has 0 aliphatic rings. The minimum absolute atomic E-state index is 0.305. The lowest BCUT2D eigenvalue weighted by molar-refractivity contribution is -0.142. The van der Waals surface area contributed by atoms with Crippen LogP contribution in [-0.4, -0.2) is 18.5 Å². The van der Waals surface area contributed by atoms with E-state index in [1.807, 2.05) is 30.3 Å². The maximum Gasteiger partial charge on any atom is 0.331 e. The molecule has 0 saturated carbocycles. The summed E-state index contributed by atoms with van der Waals surface area (Å²) in [5, 5.41) is 3.21. The largest absolute Gasteiger partial charge is 0.452 e. The van der Waals surface area contributed by atoms with Gasteiger partial charge in [0, 0.05) is 6.08 Å². The van der Waals surface area contributed by atoms with E-state index in [1.165, 1.54) is 6.08 Å². The Bertz CT molecular complexity index is 773. The fourth-order valence-electron chi connectivity index (χ4n) is 1.86. The van der Waals surface area contributed by atoms with Crippen molar-refractivity contribution in [3.8, 4) is 0 Å². The van der Waals surface area contributed by atoms with Crippen molar-refractivity contribution in [2.75, 3.05) is 11.9 Å². The Labute approximate surface area is 150 Å². The third-order valence-electron chi connectivity index (χ3n) is 3.11. The van der Waals surface area contributed by atoms with Crippen LogP contribution in [0.4, 0.5) is 5.69 Å². The molecule has 4 nitrogen and oxygen atoms in total. The molecule has 6 heteroatoms. The number of carbonyl (C=O) groups is 2. The molecule has 0 aliphatic heterocycles. The van der Waals surface area contributed by atoms with Crippen LogP contribution in [-0.2, 0) is 14.3 Å². The van der Waals surface area contributed by atoms with Crippen LogP contribution in [0.1, 0.15) is 11.1 Å². The van der Waals surface area contributed by atoms with Crippen molar-refractivity contribution in [1.29, 1.82) is 0 Å². The minimum Gasteiger partial charge on any atom is -0.452 e. The summed E-state index contributed by atoms with van der Waals surface area (Å²) in [5.74, 6) is -1.14. The summed E-state index contributed by atoms with van der Waals surface area (Å²) in [6, 6.07) is 12.7. The average Bonchev–Trinajstić information content (AvgIpc) is 2.59. The summed E-state index contributed by atoms with van der Waals surface area (Å²) in [4.78, 5) is 23.5. The van der Waals surface area contributed by atoms with E-state index in [9.17, 15) is 9.59 Å². The lowest BCUT2D eigenvalue weighted by atomic mass is 10.2. The van der Waals surface area contributed by atoms with Crippen molar-refractivity contribution in [1.82, 2.24) is 0 Å². The molecule has 0 spiro atoms. The highest BCUT2D eigenvalue weighted by atomic mass is 35.5. The molecule has 0 atom stereocenters. The van der Waals surface area contributed by atoms with Crippen LogP contribution in [0.2, 0.25) is 10.0 Å². The molecule has 0 saturated heterocycles. The van der Waals surface area contributed by atoms with Crippen LogP contribution in [0.25, 0.3) is 6.08 Å². The van der Waals surface area contributed by atoms with Gasteiger partial charge in [0.2, 0.25) is 0 Å². The van der Waals surface area contributed by atoms with Crippen molar-refractivity contribution in [3.63, 3.8) is 0 Å². The van der Waals surface area contributed by atoms with Gasteiger partial charge in [-0.25, -0.2) is 4.79 Å². The van der Waals surface area contributed by atoms with Crippen molar-refractivity contribution >= 4 is 46.8 Å². The van der Waals surface area contributed by atoms with E-state index in [0.29, 0.717) is 15.7 Å². The second kappa shape index (κ2) is 8.52. The summed E-state index contributed by atoms with van der Waals surface area (Å²) in [6.07, 6.45) is 2.86. The molecular weight excluding hydrogens is 349 g/mol. The summed E-state index contributed by atoms with van der Waals surface area (Å²) in [5.41, 5.74) is 1.94. The number of hydrogen-bond acceptors (Lipinski definition) is 3. The molecule has 0 bridgehead atoms. The van der Waals surface area contributed by atoms with Gasteiger partial charge in [0.25, 0.3) is 5.91 Å². The lowest BCUT2D eigenvalue weighted by Gasteiger charge is -2.11. The monoisotopic (exact) mass is 363 g/mol. The van der Waals surface area contributed by atoms with Gasteiger partial charge in [0.15, 0.2) is 6.61 Å². The van der Waals surface area contributed by atoms with Crippen molar-refractivity contribution in [2.45, 2.75) is 6.92 Å². The number of anilines is 1. The quantitative estimate of drug-likeness (QED) is 0.628. The van der Waals surface area contributed by atoms with Crippen molar-refractivity contribution in [2.24, 2.45) is 0 Å². The number of aryl methyl sites for hydroxylation is 1. The molecule has 0 aromatic heterocycles. The first-order chi connectivity index (χ1) is 11.5. The molecular formula is C18H15Cl2NO3. The highest BCUT2D eigenvalue weighted by molar-refractivity contribution is 6.40. The van der Waals surface area contributed by atoms with E-state index >= 15 is 0 Å². The van der Waals surface area contributed by atoms with Crippen LogP contribution in [0, 0.1) is 6.92 Å². The second-order valence-corrected chi connectivity index (χ2v) is 5.74. The normalized spacial score (nSPS) is 10.6. The Kier molecular flexibility index (Phi) is 6.41. The Morgan fingerprint density at radius 1 is 1.12 bits per heavy atom. The van der Waals surface area contributed by atoms with Gasteiger partial charge in [-0.3, -0.25) is 4.79 Å². The van der Waals surface area contributed by atoms with Gasteiger partial charge in [0.1, 0.15) is 0 Å². The summed E-state index contributed by atoms with van der Waals surface area (Å²) >= 11 is 12.1. The van der Waals surface area contributed by atoms with Crippen LogP contribution >= 0.6 is 23.2 Å². The Hall–Kier alpha value is -2.30. The predicted molar refractivity (Wildman–Crippen MR) is 96.3 cm³/mol. The van der Waals surface area contributed by atoms with E-state index < -0.39 is 18.5 Å². The van der Waals surface area contributed by atoms with Gasteiger partial charge in [-0.05, 0) is 30.2 Å². The number of rotatable bonds is 5. The first-order valence-electron chi connectivity index (χ1n) is 7.11. The molecule has 1 amide bonds. The zero-order valence-corrected chi connectivity index (χ0v) is 14.4. The van der Waals surface area contributed by atoms with Crippen molar-refractivity contribution in [3.05, 3.63) is 69.7 Å². The highest BCUT2D eigenvalue weighted by Crippen LogP contribution is 2.32. The van der Waals surface area contributed by atoms with E-state index in [0.717, 1.165) is 11.1 Å². The SMILES string of the molecule is Cc1ccc(Cl)c(NC(=O)COC(=O)/C=C/c2ccccc2)c1Cl. The Balaban J connectivity index is 1.89. The van der Waals surface area contributed by atoms with Gasteiger partial charge < -0.3 is 10.1 Å². The molecule has 0 radical (unpaired) electrons. The van der Waals surface area contributed by atoms with Gasteiger partial charge in [-0.15, -0.1) is 0 Å². The van der Waals surface area contributed by atoms with Gasteiger partial charge in [-0.2, -0.15) is 0 Å². The molecule has 1 N–H and O–H groups in total. The highest BCUT2D eigenvalue weighted by Gasteiger charge is 2.12. The Morgan fingerprint density at radius 3 is 2.54 bits per heavy atom. The van der Waals surface area contributed by atoms with Gasteiger partial charge in [-0.1, -0.05) is 59.6 Å². The van der Waals surface area contributed by atoms with Crippen LogP contribution < -0.4 is 5.32 Å². The molecule has 0 aliphatic carbocycles. The average molecular weight is 364 g/mol. The second-order valence-electron chi connectivity index (χ2n) is 4.95. The summed E-state index contributed by atoms with van der Waals surface area (Å²) in [7, 11) is 0. The van der Waals surface area contributed by atoms with E-state index in [4.69, 9.17) is 27.9 Å². The van der Waals surface area contributed by atoms with Gasteiger partial charge >= 0.3 is 5.97 Å². The molecule has 2 aromatic rings. The number of nitrogens with one attached hydrogen (secondary N) is 1. The van der Waals surface area contributed by atoms with E-state index in [-0.39, 0.29) is 0 Å². The molecule has 0 heterocycles. The molecule has 0 fully saturated rings. The summed E-state index contributed by atoms with van der Waals surface area (Å²) < 4.78 is 4.88. The molecule has 124 valence electrons. The zero-order chi connectivity index (χ0) is 17.5. The first-order valence-corrected chi connectivity index (χ1v) is 7.87. The maximum atomic E-state index is 11.9. The fourth-order valence-corrected chi connectivity index (χ4v) is 2.33. The molecule has 24 heavy (non-hydrogen) atoms. The van der Waals surface area contributed by atoms with E-state index in [2.05, 4.69) is 5.32 Å². The van der Waals surface area contributed by atoms with Gasteiger partial charge in [0.05, 0.1) is 15.7 Å². The Morgan fingerprint density at radius 2 is 1.83 bits per heavy atom. The summed E-state index contributed by atoms with van der Waals surface area (Å²) in [6.45, 7) is 1.36. The third kappa shape index (κ3) is 5.11. The minimum atomic E-state index is -0.615. The number of halogens is 2.